The Kier molecular flexibility index (Phi) is 6.23. The van der Waals surface area contributed by atoms with Crippen molar-refractivity contribution in [1.82, 2.24) is 15.1 Å². The predicted molar refractivity (Wildman–Crippen MR) is 70.7 cm³/mol. The fourth-order valence-corrected chi connectivity index (χ4v) is 1.52. The maximum Gasteiger partial charge on any atom is 0.359 e. The average molecular weight is 278 g/mol. The monoisotopic (exact) mass is 278 g/mol. The minimum atomic E-state index is -0.634. The highest BCUT2D eigenvalue weighted by Crippen LogP contribution is 2.04. The van der Waals surface area contributed by atoms with Crippen LogP contribution in [0.5, 0.6) is 0 Å². The largest absolute Gasteiger partial charge is 0.451 e. The van der Waals surface area contributed by atoms with Gasteiger partial charge >= 0.3 is 5.97 Å². The molecule has 0 unspecified atom stereocenters. The molecular weight excluding hydrogens is 260 g/mol. The van der Waals surface area contributed by atoms with Gasteiger partial charge in [0.2, 0.25) is 0 Å². The Morgan fingerprint density at radius 3 is 2.95 bits per heavy atom. The second-order valence-electron chi connectivity index (χ2n) is 4.33. The van der Waals surface area contributed by atoms with Crippen LogP contribution in [0.25, 0.3) is 0 Å². The zero-order valence-corrected chi connectivity index (χ0v) is 11.7. The summed E-state index contributed by atoms with van der Waals surface area (Å²) in [5.41, 5.74) is 1.03. The summed E-state index contributed by atoms with van der Waals surface area (Å²) in [5.74, 6) is -0.983. The molecule has 1 N–H and O–H groups in total. The standard InChI is InChI=1S/C13H18N4O3/c1-3-5-10-8-11(16-15-10)13(19)20-9-12(18)17(2)7-4-6-14/h8H,3-5,7,9H2,1-2H3,(H,15,16). The number of carbonyl (C=O) groups is 2. The van der Waals surface area contributed by atoms with Crippen molar-refractivity contribution < 1.29 is 14.3 Å². The van der Waals surface area contributed by atoms with Crippen molar-refractivity contribution in [2.75, 3.05) is 20.2 Å². The quantitative estimate of drug-likeness (QED) is 0.747. The first-order chi connectivity index (χ1) is 9.58. The molecule has 1 aromatic rings. The minimum absolute atomic E-state index is 0.168. The molecule has 1 rings (SSSR count). The van der Waals surface area contributed by atoms with Gasteiger partial charge in [-0.05, 0) is 12.5 Å². The summed E-state index contributed by atoms with van der Waals surface area (Å²) in [6.07, 6.45) is 1.99. The Morgan fingerprint density at radius 1 is 1.55 bits per heavy atom. The van der Waals surface area contributed by atoms with Gasteiger partial charge in [-0.3, -0.25) is 9.89 Å². The van der Waals surface area contributed by atoms with E-state index < -0.39 is 5.97 Å². The van der Waals surface area contributed by atoms with Crippen LogP contribution < -0.4 is 0 Å². The van der Waals surface area contributed by atoms with E-state index in [0.29, 0.717) is 6.54 Å². The molecule has 0 saturated heterocycles. The van der Waals surface area contributed by atoms with Gasteiger partial charge in [-0.25, -0.2) is 4.79 Å². The molecule has 1 amide bonds. The molecule has 7 nitrogen and oxygen atoms in total. The number of likely N-dealkylation sites (N-methyl/N-ethyl adjacent to an activating group) is 1. The Balaban J connectivity index is 2.42. The van der Waals surface area contributed by atoms with Crippen LogP contribution in [0.2, 0.25) is 0 Å². The number of nitrogens with zero attached hydrogens (tertiary/aromatic N) is 3. The summed E-state index contributed by atoms with van der Waals surface area (Å²) >= 11 is 0. The number of hydrogen-bond acceptors (Lipinski definition) is 5. The van der Waals surface area contributed by atoms with E-state index in [1.54, 1.807) is 13.1 Å². The van der Waals surface area contributed by atoms with E-state index in [4.69, 9.17) is 10.00 Å². The molecular formula is C13H18N4O3. The molecule has 0 aliphatic carbocycles. The lowest BCUT2D eigenvalue weighted by atomic mass is 10.2. The number of ether oxygens (including phenoxy) is 1. The van der Waals surface area contributed by atoms with Crippen LogP contribution in [-0.4, -0.2) is 47.2 Å². The van der Waals surface area contributed by atoms with Gasteiger partial charge in [0, 0.05) is 19.3 Å². The van der Waals surface area contributed by atoms with Gasteiger partial charge in [-0.15, -0.1) is 0 Å². The number of nitrogens with one attached hydrogen (secondary N) is 1. The lowest BCUT2D eigenvalue weighted by Gasteiger charge is -2.14. The van der Waals surface area contributed by atoms with Gasteiger partial charge in [0.05, 0.1) is 12.5 Å². The molecule has 1 aromatic heterocycles. The number of H-pyrrole nitrogens is 1. The second-order valence-corrected chi connectivity index (χ2v) is 4.33. The first-order valence-electron chi connectivity index (χ1n) is 6.40. The molecule has 108 valence electrons. The maximum atomic E-state index is 11.7. The number of aryl methyl sites for hydroxylation is 1. The SMILES string of the molecule is CCCc1cc(C(=O)OCC(=O)N(C)CCC#N)n[nH]1. The Morgan fingerprint density at radius 2 is 2.30 bits per heavy atom. The van der Waals surface area contributed by atoms with Gasteiger partial charge in [-0.2, -0.15) is 10.4 Å². The summed E-state index contributed by atoms with van der Waals surface area (Å²) in [5, 5.41) is 15.0. The Bertz CT molecular complexity index is 504. The highest BCUT2D eigenvalue weighted by molar-refractivity contribution is 5.89. The molecule has 0 spiro atoms. The zero-order chi connectivity index (χ0) is 15.0. The van der Waals surface area contributed by atoms with Gasteiger partial charge in [0.15, 0.2) is 12.3 Å². The zero-order valence-electron chi connectivity index (χ0n) is 11.7. The van der Waals surface area contributed by atoms with Crippen LogP contribution in [0.3, 0.4) is 0 Å². The van der Waals surface area contributed by atoms with Crippen molar-refractivity contribution in [1.29, 1.82) is 5.26 Å². The van der Waals surface area contributed by atoms with Crippen molar-refractivity contribution in [3.8, 4) is 6.07 Å². The van der Waals surface area contributed by atoms with E-state index in [1.807, 2.05) is 13.0 Å². The molecule has 0 bridgehead atoms. The third-order valence-corrected chi connectivity index (χ3v) is 2.67. The normalized spacial score (nSPS) is 9.85. The van der Waals surface area contributed by atoms with Crippen molar-refractivity contribution in [2.45, 2.75) is 26.2 Å². The molecule has 0 radical (unpaired) electrons. The lowest BCUT2D eigenvalue weighted by molar-refractivity contribution is -0.133. The Labute approximate surface area is 117 Å². The molecule has 1 heterocycles. The number of rotatable bonds is 7. The predicted octanol–water partition coefficient (Wildman–Crippen LogP) is 0.891. The summed E-state index contributed by atoms with van der Waals surface area (Å²) in [6, 6.07) is 3.56. The van der Waals surface area contributed by atoms with Crippen LogP contribution >= 0.6 is 0 Å². The molecule has 0 aromatic carbocycles. The minimum Gasteiger partial charge on any atom is -0.451 e. The number of carbonyl (C=O) groups excluding carboxylic acids is 2. The molecule has 0 aliphatic heterocycles. The number of hydrogen-bond donors (Lipinski definition) is 1. The fraction of sp³-hybridized carbons (Fsp3) is 0.538. The third-order valence-electron chi connectivity index (χ3n) is 2.67. The van der Waals surface area contributed by atoms with E-state index in [1.165, 1.54) is 4.90 Å². The van der Waals surface area contributed by atoms with Gasteiger partial charge < -0.3 is 9.64 Å². The fourth-order valence-electron chi connectivity index (χ4n) is 1.52. The first kappa shape index (κ1) is 15.7. The molecule has 0 fully saturated rings. The summed E-state index contributed by atoms with van der Waals surface area (Å²) in [6.45, 7) is 1.99. The first-order valence-corrected chi connectivity index (χ1v) is 6.40. The highest BCUT2D eigenvalue weighted by atomic mass is 16.5. The molecule has 0 aliphatic rings. The number of esters is 1. The summed E-state index contributed by atoms with van der Waals surface area (Å²) in [4.78, 5) is 24.6. The van der Waals surface area contributed by atoms with Crippen molar-refractivity contribution in [2.24, 2.45) is 0 Å². The van der Waals surface area contributed by atoms with Crippen LogP contribution in [0, 0.1) is 11.3 Å². The molecule has 0 saturated carbocycles. The topological polar surface area (TPSA) is 99.1 Å². The van der Waals surface area contributed by atoms with Gasteiger partial charge in [-0.1, -0.05) is 13.3 Å². The highest BCUT2D eigenvalue weighted by Gasteiger charge is 2.15. The second kappa shape index (κ2) is 7.94. The third kappa shape index (κ3) is 4.72. The van der Waals surface area contributed by atoms with Gasteiger partial charge in [0.25, 0.3) is 5.91 Å². The number of aromatic amines is 1. The van der Waals surface area contributed by atoms with E-state index in [0.717, 1.165) is 18.5 Å². The lowest BCUT2D eigenvalue weighted by Crippen LogP contribution is -2.32. The molecule has 0 atom stereocenters. The van der Waals surface area contributed by atoms with E-state index >= 15 is 0 Å². The van der Waals surface area contributed by atoms with Crippen LogP contribution in [0.1, 0.15) is 35.9 Å². The summed E-state index contributed by atoms with van der Waals surface area (Å²) < 4.78 is 4.89. The molecule has 7 heteroatoms. The van der Waals surface area contributed by atoms with Crippen LogP contribution in [0.15, 0.2) is 6.07 Å². The number of aromatic nitrogens is 2. The maximum absolute atomic E-state index is 11.7. The molecule has 20 heavy (non-hydrogen) atoms. The van der Waals surface area contributed by atoms with E-state index in [2.05, 4.69) is 10.2 Å². The van der Waals surface area contributed by atoms with E-state index in [9.17, 15) is 9.59 Å². The van der Waals surface area contributed by atoms with Crippen molar-refractivity contribution in [3.05, 3.63) is 17.5 Å². The van der Waals surface area contributed by atoms with E-state index in [-0.39, 0.29) is 24.6 Å². The number of amides is 1. The average Bonchev–Trinajstić information content (AvgIpc) is 2.90. The van der Waals surface area contributed by atoms with Crippen molar-refractivity contribution >= 4 is 11.9 Å². The summed E-state index contributed by atoms with van der Waals surface area (Å²) in [7, 11) is 1.56. The van der Waals surface area contributed by atoms with Crippen LogP contribution in [-0.2, 0) is 16.0 Å². The Hall–Kier alpha value is -2.36. The van der Waals surface area contributed by atoms with Gasteiger partial charge in [0.1, 0.15) is 0 Å². The van der Waals surface area contributed by atoms with Crippen molar-refractivity contribution in [3.63, 3.8) is 0 Å². The smallest absolute Gasteiger partial charge is 0.359 e. The number of nitriles is 1. The van der Waals surface area contributed by atoms with Crippen LogP contribution in [0.4, 0.5) is 0 Å².